The molecule has 5 nitrogen and oxygen atoms in total. The van der Waals surface area contributed by atoms with Crippen molar-refractivity contribution in [3.05, 3.63) is 41.4 Å². The van der Waals surface area contributed by atoms with Gasteiger partial charge in [-0.25, -0.2) is 13.1 Å². The number of sulfonamides is 1. The molecule has 1 amide bonds. The second-order valence-electron chi connectivity index (χ2n) is 3.66. The van der Waals surface area contributed by atoms with Crippen LogP contribution < -0.4 is 4.72 Å². The second-order valence-corrected chi connectivity index (χ2v) is 6.17. The predicted octanol–water partition coefficient (Wildman–Crippen LogP) is 1.85. The van der Waals surface area contributed by atoms with Crippen molar-refractivity contribution in [2.24, 2.45) is 0 Å². The van der Waals surface area contributed by atoms with E-state index in [-0.39, 0.29) is 11.5 Å². The number of benzene rings is 1. The van der Waals surface area contributed by atoms with Gasteiger partial charge in [0.1, 0.15) is 11.0 Å². The molecule has 104 valence electrons. The molecule has 1 aromatic carbocycles. The van der Waals surface area contributed by atoms with E-state index in [2.05, 4.69) is 22.5 Å². The molecule has 0 aliphatic rings. The van der Waals surface area contributed by atoms with Crippen LogP contribution in [0.25, 0.3) is 0 Å². The Morgan fingerprint density at radius 2 is 2.16 bits per heavy atom. The fourth-order valence-corrected chi connectivity index (χ4v) is 3.27. The van der Waals surface area contributed by atoms with Gasteiger partial charge in [-0.2, -0.15) is 0 Å². The standard InChI is InChI=1S/C12H14BrNO4S/c1-3-8-18-9(2)12(15)14-19(16,17)11-7-5-4-6-10(11)13/h3-7,9H,1,8H2,2H3,(H,14,15)/t9-/m1/s1. The van der Waals surface area contributed by atoms with Crippen LogP contribution in [-0.4, -0.2) is 27.0 Å². The summed E-state index contributed by atoms with van der Waals surface area (Å²) in [6.07, 6.45) is 0.599. The summed E-state index contributed by atoms with van der Waals surface area (Å²) in [7, 11) is -3.91. The molecule has 0 aromatic heterocycles. The first-order chi connectivity index (χ1) is 8.88. The molecule has 0 saturated carbocycles. The third-order valence-corrected chi connectivity index (χ3v) is 4.55. The van der Waals surface area contributed by atoms with E-state index >= 15 is 0 Å². The van der Waals surface area contributed by atoms with Gasteiger partial charge in [-0.05, 0) is 35.0 Å². The zero-order valence-corrected chi connectivity index (χ0v) is 12.7. The quantitative estimate of drug-likeness (QED) is 0.797. The third kappa shape index (κ3) is 4.45. The lowest BCUT2D eigenvalue weighted by atomic mass is 10.4. The van der Waals surface area contributed by atoms with Crippen LogP contribution in [0.5, 0.6) is 0 Å². The molecular formula is C12H14BrNO4S. The number of nitrogens with one attached hydrogen (secondary N) is 1. The van der Waals surface area contributed by atoms with Crippen LogP contribution >= 0.6 is 15.9 Å². The monoisotopic (exact) mass is 347 g/mol. The van der Waals surface area contributed by atoms with Crippen LogP contribution in [-0.2, 0) is 19.6 Å². The van der Waals surface area contributed by atoms with Gasteiger partial charge in [0.05, 0.1) is 6.61 Å². The largest absolute Gasteiger partial charge is 0.365 e. The van der Waals surface area contributed by atoms with Gasteiger partial charge in [0.15, 0.2) is 0 Å². The van der Waals surface area contributed by atoms with Gasteiger partial charge >= 0.3 is 0 Å². The Morgan fingerprint density at radius 3 is 2.74 bits per heavy atom. The number of carbonyl (C=O) groups is 1. The Hall–Kier alpha value is -1.18. The number of hydrogen-bond donors (Lipinski definition) is 1. The molecule has 0 bridgehead atoms. The van der Waals surface area contributed by atoms with Gasteiger partial charge in [0.2, 0.25) is 0 Å². The summed E-state index contributed by atoms with van der Waals surface area (Å²) < 4.78 is 31.4. The lowest BCUT2D eigenvalue weighted by Gasteiger charge is -2.13. The SMILES string of the molecule is C=CCO[C@H](C)C(=O)NS(=O)(=O)c1ccccc1Br. The molecule has 7 heteroatoms. The molecule has 0 radical (unpaired) electrons. The molecule has 0 aliphatic heterocycles. The summed E-state index contributed by atoms with van der Waals surface area (Å²) in [5, 5.41) is 0. The zero-order valence-electron chi connectivity index (χ0n) is 10.3. The molecule has 19 heavy (non-hydrogen) atoms. The van der Waals surface area contributed by atoms with E-state index in [9.17, 15) is 13.2 Å². The topological polar surface area (TPSA) is 72.5 Å². The second kappa shape index (κ2) is 6.83. The Labute approximate surface area is 120 Å². The van der Waals surface area contributed by atoms with Crippen molar-refractivity contribution in [1.29, 1.82) is 0 Å². The molecule has 1 N–H and O–H groups in total. The maximum Gasteiger partial charge on any atom is 0.265 e. The average molecular weight is 348 g/mol. The maximum absolute atomic E-state index is 12.0. The van der Waals surface area contributed by atoms with Gasteiger partial charge in [-0.3, -0.25) is 4.79 Å². The lowest BCUT2D eigenvalue weighted by Crippen LogP contribution is -2.38. The summed E-state index contributed by atoms with van der Waals surface area (Å²) in [4.78, 5) is 11.7. The van der Waals surface area contributed by atoms with E-state index in [0.717, 1.165) is 0 Å². The molecular weight excluding hydrogens is 334 g/mol. The molecule has 0 fully saturated rings. The van der Waals surface area contributed by atoms with Crippen LogP contribution in [0.15, 0.2) is 46.3 Å². The summed E-state index contributed by atoms with van der Waals surface area (Å²) in [6.45, 7) is 5.08. The van der Waals surface area contributed by atoms with Gasteiger partial charge in [0, 0.05) is 4.47 Å². The fraction of sp³-hybridized carbons (Fsp3) is 0.250. The van der Waals surface area contributed by atoms with E-state index < -0.39 is 22.0 Å². The van der Waals surface area contributed by atoms with E-state index in [1.165, 1.54) is 19.1 Å². The van der Waals surface area contributed by atoms with Crippen molar-refractivity contribution >= 4 is 31.9 Å². The molecule has 1 atom stereocenters. The zero-order chi connectivity index (χ0) is 14.5. The number of amides is 1. The minimum atomic E-state index is -3.91. The van der Waals surface area contributed by atoms with Crippen LogP contribution in [0.2, 0.25) is 0 Å². The summed E-state index contributed by atoms with van der Waals surface area (Å²) in [5.41, 5.74) is 0. The first kappa shape index (κ1) is 15.9. The molecule has 0 heterocycles. The predicted molar refractivity (Wildman–Crippen MR) is 75.1 cm³/mol. The van der Waals surface area contributed by atoms with Crippen molar-refractivity contribution in [2.45, 2.75) is 17.9 Å². The van der Waals surface area contributed by atoms with Crippen LogP contribution in [0, 0.1) is 0 Å². The Balaban J connectivity index is 2.83. The van der Waals surface area contributed by atoms with Gasteiger partial charge in [-0.1, -0.05) is 18.2 Å². The summed E-state index contributed by atoms with van der Waals surface area (Å²) >= 11 is 3.13. The van der Waals surface area contributed by atoms with Gasteiger partial charge in [-0.15, -0.1) is 6.58 Å². The molecule has 0 saturated heterocycles. The normalized spacial score (nSPS) is 12.7. The smallest absolute Gasteiger partial charge is 0.265 e. The first-order valence-corrected chi connectivity index (χ1v) is 7.70. The average Bonchev–Trinajstić information content (AvgIpc) is 2.35. The number of ether oxygens (including phenoxy) is 1. The van der Waals surface area contributed by atoms with Crippen molar-refractivity contribution in [2.75, 3.05) is 6.61 Å². The van der Waals surface area contributed by atoms with Gasteiger partial charge < -0.3 is 4.74 Å². The molecule has 1 rings (SSSR count). The molecule has 1 aromatic rings. The van der Waals surface area contributed by atoms with Crippen molar-refractivity contribution in [3.8, 4) is 0 Å². The number of carbonyl (C=O) groups excluding carboxylic acids is 1. The van der Waals surface area contributed by atoms with Crippen molar-refractivity contribution in [3.63, 3.8) is 0 Å². The Morgan fingerprint density at radius 1 is 1.53 bits per heavy atom. The van der Waals surface area contributed by atoms with Gasteiger partial charge in [0.25, 0.3) is 15.9 Å². The number of hydrogen-bond acceptors (Lipinski definition) is 4. The highest BCUT2D eigenvalue weighted by molar-refractivity contribution is 9.10. The maximum atomic E-state index is 12.0. The van der Waals surface area contributed by atoms with Crippen LogP contribution in [0.3, 0.4) is 0 Å². The Bertz CT molecular complexity index is 571. The highest BCUT2D eigenvalue weighted by Gasteiger charge is 2.23. The minimum absolute atomic E-state index is 0.000675. The molecule has 0 aliphatic carbocycles. The third-order valence-electron chi connectivity index (χ3n) is 2.19. The summed E-state index contributed by atoms with van der Waals surface area (Å²) in [5.74, 6) is -0.724. The number of rotatable bonds is 6. The van der Waals surface area contributed by atoms with Crippen molar-refractivity contribution in [1.82, 2.24) is 4.72 Å². The van der Waals surface area contributed by atoms with Crippen LogP contribution in [0.4, 0.5) is 0 Å². The lowest BCUT2D eigenvalue weighted by molar-refractivity contribution is -0.129. The Kier molecular flexibility index (Phi) is 5.71. The van der Waals surface area contributed by atoms with E-state index in [1.807, 2.05) is 4.72 Å². The van der Waals surface area contributed by atoms with E-state index in [4.69, 9.17) is 4.74 Å². The first-order valence-electron chi connectivity index (χ1n) is 5.42. The molecule has 0 spiro atoms. The highest BCUT2D eigenvalue weighted by Crippen LogP contribution is 2.20. The van der Waals surface area contributed by atoms with Crippen LogP contribution in [0.1, 0.15) is 6.92 Å². The van der Waals surface area contributed by atoms with Crippen molar-refractivity contribution < 1.29 is 17.9 Å². The number of halogens is 1. The molecule has 0 unspecified atom stereocenters. The highest BCUT2D eigenvalue weighted by atomic mass is 79.9. The fourth-order valence-electron chi connectivity index (χ4n) is 1.22. The minimum Gasteiger partial charge on any atom is -0.365 e. The van der Waals surface area contributed by atoms with E-state index in [1.54, 1.807) is 18.2 Å². The van der Waals surface area contributed by atoms with E-state index in [0.29, 0.717) is 4.47 Å². The summed E-state index contributed by atoms with van der Waals surface area (Å²) in [6, 6.07) is 6.23.